The number of hydrogen-bond donors (Lipinski definition) is 1. The number of aromatic nitrogens is 3. The zero-order valence-corrected chi connectivity index (χ0v) is 11.1. The normalized spacial score (nSPS) is 10.7. The monoisotopic (exact) mass is 266 g/mol. The molecule has 0 spiro atoms. The summed E-state index contributed by atoms with van der Waals surface area (Å²) in [5.74, 6) is 2.14. The highest BCUT2D eigenvalue weighted by molar-refractivity contribution is 6.32. The average Bonchev–Trinajstić information content (AvgIpc) is 2.71. The number of aryl methyl sites for hydroxylation is 1. The summed E-state index contributed by atoms with van der Waals surface area (Å²) in [6.45, 7) is 0.551. The third-order valence-corrected chi connectivity index (χ3v) is 2.93. The molecule has 1 aromatic carbocycles. The number of methoxy groups -OCH3 is 1. The lowest BCUT2D eigenvalue weighted by molar-refractivity contribution is 0.415. The predicted molar refractivity (Wildman–Crippen MR) is 70.8 cm³/mol. The van der Waals surface area contributed by atoms with Crippen LogP contribution in [-0.4, -0.2) is 28.4 Å². The minimum atomic E-state index is 0.544. The summed E-state index contributed by atoms with van der Waals surface area (Å²) >= 11 is 6.08. The van der Waals surface area contributed by atoms with Crippen LogP contribution in [0.3, 0.4) is 0 Å². The molecule has 0 aliphatic rings. The molecule has 2 aromatic rings. The van der Waals surface area contributed by atoms with Crippen molar-refractivity contribution in [1.82, 2.24) is 14.8 Å². The lowest BCUT2D eigenvalue weighted by Gasteiger charge is -2.03. The van der Waals surface area contributed by atoms with E-state index in [4.69, 9.17) is 22.1 Å². The van der Waals surface area contributed by atoms with Gasteiger partial charge in [0.15, 0.2) is 5.82 Å². The predicted octanol–water partition coefficient (Wildman–Crippen LogP) is 1.65. The van der Waals surface area contributed by atoms with E-state index in [0.717, 1.165) is 11.4 Å². The number of halogens is 1. The molecule has 5 nitrogen and oxygen atoms in total. The Hall–Kier alpha value is -1.59. The minimum Gasteiger partial charge on any atom is -0.495 e. The van der Waals surface area contributed by atoms with Crippen molar-refractivity contribution >= 4 is 11.6 Å². The van der Waals surface area contributed by atoms with Gasteiger partial charge in [-0.15, -0.1) is 0 Å². The number of nitrogens with zero attached hydrogens (tertiary/aromatic N) is 3. The molecule has 0 fully saturated rings. The second-order valence-corrected chi connectivity index (χ2v) is 4.27. The fraction of sp³-hybridized carbons (Fsp3) is 0.333. The third-order valence-electron chi connectivity index (χ3n) is 2.63. The highest BCUT2D eigenvalue weighted by Gasteiger charge is 2.10. The van der Waals surface area contributed by atoms with Crippen LogP contribution >= 0.6 is 11.6 Å². The maximum atomic E-state index is 6.08. The Morgan fingerprint density at radius 3 is 2.83 bits per heavy atom. The molecule has 2 rings (SSSR count). The summed E-state index contributed by atoms with van der Waals surface area (Å²) in [7, 11) is 3.44. The molecular weight excluding hydrogens is 252 g/mol. The van der Waals surface area contributed by atoms with Crippen LogP contribution in [-0.2, 0) is 13.5 Å². The molecule has 18 heavy (non-hydrogen) atoms. The van der Waals surface area contributed by atoms with Gasteiger partial charge in [0, 0.05) is 19.0 Å². The van der Waals surface area contributed by atoms with Crippen molar-refractivity contribution in [3.05, 3.63) is 29.0 Å². The number of nitrogens with two attached hydrogens (primary N) is 1. The Morgan fingerprint density at radius 2 is 2.22 bits per heavy atom. The Labute approximate surface area is 111 Å². The molecule has 1 heterocycles. The number of hydrogen-bond acceptors (Lipinski definition) is 4. The van der Waals surface area contributed by atoms with Crippen LogP contribution in [0, 0.1) is 0 Å². The van der Waals surface area contributed by atoms with Crippen LogP contribution in [0.5, 0.6) is 5.75 Å². The first-order valence-electron chi connectivity index (χ1n) is 5.59. The highest BCUT2D eigenvalue weighted by atomic mass is 35.5. The van der Waals surface area contributed by atoms with E-state index < -0.39 is 0 Å². The summed E-state index contributed by atoms with van der Waals surface area (Å²) in [6.07, 6.45) is 0.702. The summed E-state index contributed by atoms with van der Waals surface area (Å²) in [5, 5.41) is 4.89. The van der Waals surface area contributed by atoms with Gasteiger partial charge < -0.3 is 10.5 Å². The summed E-state index contributed by atoms with van der Waals surface area (Å²) < 4.78 is 6.85. The van der Waals surface area contributed by atoms with Gasteiger partial charge in [0.05, 0.1) is 12.1 Å². The Morgan fingerprint density at radius 1 is 1.44 bits per heavy atom. The fourth-order valence-electron chi connectivity index (χ4n) is 1.69. The Bertz CT molecular complexity index is 553. The first-order valence-corrected chi connectivity index (χ1v) is 5.97. The molecule has 2 N–H and O–H groups in total. The second kappa shape index (κ2) is 5.37. The van der Waals surface area contributed by atoms with Crippen LogP contribution in [0.1, 0.15) is 5.82 Å². The quantitative estimate of drug-likeness (QED) is 0.914. The molecule has 6 heteroatoms. The first-order chi connectivity index (χ1) is 8.65. The van der Waals surface area contributed by atoms with Crippen molar-refractivity contribution in [2.24, 2.45) is 12.8 Å². The van der Waals surface area contributed by atoms with E-state index in [1.165, 1.54) is 0 Å². The topological polar surface area (TPSA) is 66.0 Å². The summed E-state index contributed by atoms with van der Waals surface area (Å²) in [6, 6.07) is 5.48. The molecule has 0 radical (unpaired) electrons. The number of benzene rings is 1. The summed E-state index contributed by atoms with van der Waals surface area (Å²) in [5.41, 5.74) is 6.38. The fourth-order valence-corrected chi connectivity index (χ4v) is 1.95. The van der Waals surface area contributed by atoms with Gasteiger partial charge in [-0.3, -0.25) is 4.68 Å². The lowest BCUT2D eigenvalue weighted by atomic mass is 10.2. The van der Waals surface area contributed by atoms with Gasteiger partial charge in [-0.1, -0.05) is 11.6 Å². The second-order valence-electron chi connectivity index (χ2n) is 3.86. The zero-order valence-electron chi connectivity index (χ0n) is 10.4. The molecule has 0 amide bonds. The molecular formula is C12H15ClN4O. The van der Waals surface area contributed by atoms with Crippen molar-refractivity contribution in [2.45, 2.75) is 6.42 Å². The van der Waals surface area contributed by atoms with E-state index in [1.807, 2.05) is 13.1 Å². The molecule has 0 aliphatic carbocycles. The molecule has 0 saturated heterocycles. The molecule has 0 saturated carbocycles. The van der Waals surface area contributed by atoms with Crippen LogP contribution < -0.4 is 10.5 Å². The van der Waals surface area contributed by atoms with Gasteiger partial charge in [0.2, 0.25) is 0 Å². The lowest BCUT2D eigenvalue weighted by Crippen LogP contribution is -2.08. The van der Waals surface area contributed by atoms with Gasteiger partial charge in [-0.2, -0.15) is 5.10 Å². The molecule has 96 valence electrons. The van der Waals surface area contributed by atoms with Crippen molar-refractivity contribution < 1.29 is 4.74 Å². The van der Waals surface area contributed by atoms with E-state index >= 15 is 0 Å². The Balaban J connectivity index is 2.36. The van der Waals surface area contributed by atoms with Gasteiger partial charge in [0.25, 0.3) is 0 Å². The zero-order chi connectivity index (χ0) is 13.1. The highest BCUT2D eigenvalue weighted by Crippen LogP contribution is 2.28. The van der Waals surface area contributed by atoms with Crippen molar-refractivity contribution in [3.63, 3.8) is 0 Å². The van der Waals surface area contributed by atoms with Gasteiger partial charge in [-0.05, 0) is 24.7 Å². The van der Waals surface area contributed by atoms with Crippen molar-refractivity contribution in [1.29, 1.82) is 0 Å². The number of rotatable bonds is 4. The smallest absolute Gasteiger partial charge is 0.181 e. The van der Waals surface area contributed by atoms with Crippen LogP contribution in [0.2, 0.25) is 5.02 Å². The number of ether oxygens (including phenoxy) is 1. The minimum absolute atomic E-state index is 0.544. The van der Waals surface area contributed by atoms with E-state index in [9.17, 15) is 0 Å². The van der Waals surface area contributed by atoms with E-state index in [-0.39, 0.29) is 0 Å². The molecule has 1 aromatic heterocycles. The SMILES string of the molecule is COc1ccc(-c2nc(CCN)n(C)n2)cc1Cl. The first kappa shape index (κ1) is 12.9. The molecule has 0 bridgehead atoms. The molecule has 0 atom stereocenters. The maximum Gasteiger partial charge on any atom is 0.181 e. The third kappa shape index (κ3) is 2.47. The largest absolute Gasteiger partial charge is 0.495 e. The standard InChI is InChI=1S/C12H15ClN4O/c1-17-11(5-6-14)15-12(16-17)8-3-4-10(18-2)9(13)7-8/h3-4,7H,5-6,14H2,1-2H3. The van der Waals surface area contributed by atoms with E-state index in [0.29, 0.717) is 29.6 Å². The van der Waals surface area contributed by atoms with Crippen LogP contribution in [0.15, 0.2) is 18.2 Å². The van der Waals surface area contributed by atoms with Crippen molar-refractivity contribution in [3.8, 4) is 17.1 Å². The Kier molecular flexibility index (Phi) is 3.84. The van der Waals surface area contributed by atoms with Crippen LogP contribution in [0.4, 0.5) is 0 Å². The van der Waals surface area contributed by atoms with E-state index in [2.05, 4.69) is 10.1 Å². The summed E-state index contributed by atoms with van der Waals surface area (Å²) in [4.78, 5) is 4.44. The van der Waals surface area contributed by atoms with Gasteiger partial charge in [-0.25, -0.2) is 4.98 Å². The molecule has 0 aliphatic heterocycles. The van der Waals surface area contributed by atoms with Gasteiger partial charge >= 0.3 is 0 Å². The average molecular weight is 267 g/mol. The molecule has 0 unspecified atom stereocenters. The van der Waals surface area contributed by atoms with Gasteiger partial charge in [0.1, 0.15) is 11.6 Å². The maximum absolute atomic E-state index is 6.08. The van der Waals surface area contributed by atoms with E-state index in [1.54, 1.807) is 23.9 Å². The van der Waals surface area contributed by atoms with Crippen LogP contribution in [0.25, 0.3) is 11.4 Å². The van der Waals surface area contributed by atoms with Crippen molar-refractivity contribution in [2.75, 3.05) is 13.7 Å².